The number of halogens is 1. The fraction of sp³-hybridized carbons (Fsp3) is 0.0714. The quantitative estimate of drug-likeness (QED) is 0.518. The van der Waals surface area contributed by atoms with E-state index in [1.165, 1.54) is 0 Å². The fourth-order valence-electron chi connectivity index (χ4n) is 1.62. The first-order valence-electron chi connectivity index (χ1n) is 5.25. The molecule has 0 unspecified atom stereocenters. The Bertz CT molecular complexity index is 578. The van der Waals surface area contributed by atoms with Gasteiger partial charge >= 0.3 is 0 Å². The first-order chi connectivity index (χ1) is 8.09. The van der Waals surface area contributed by atoms with E-state index < -0.39 is 0 Å². The molecule has 2 aromatic rings. The number of benzene rings is 2. The van der Waals surface area contributed by atoms with Crippen molar-refractivity contribution >= 4 is 34.1 Å². The molecular weight excluding hydrogens is 325 g/mol. The van der Waals surface area contributed by atoms with Gasteiger partial charge in [0.15, 0.2) is 5.78 Å². The third-order valence-electron chi connectivity index (χ3n) is 2.65. The average molecular weight is 337 g/mol. The highest BCUT2D eigenvalue weighted by Gasteiger charge is 2.12. The third kappa shape index (κ3) is 2.49. The number of carbonyl (C=O) groups excluding carboxylic acids is 1. The second-order valence-electron chi connectivity index (χ2n) is 3.88. The molecule has 0 saturated carbocycles. The highest BCUT2D eigenvalue weighted by atomic mass is 127. The predicted octanol–water partition coefficient (Wildman–Crippen LogP) is 3.41. The number of nitrogens with two attached hydrogens (primary N) is 1. The Labute approximate surface area is 114 Å². The highest BCUT2D eigenvalue weighted by molar-refractivity contribution is 14.1. The second-order valence-corrected chi connectivity index (χ2v) is 5.04. The van der Waals surface area contributed by atoms with Crippen molar-refractivity contribution in [3.63, 3.8) is 0 Å². The number of hydrogen-bond donors (Lipinski definition) is 1. The Morgan fingerprint density at radius 1 is 1.18 bits per heavy atom. The minimum Gasteiger partial charge on any atom is -0.399 e. The number of aryl methyl sites for hydroxylation is 1. The number of nitrogen functional groups attached to an aromatic ring is 1. The molecule has 2 nitrogen and oxygen atoms in total. The maximum absolute atomic E-state index is 12.3. The van der Waals surface area contributed by atoms with Gasteiger partial charge in [0.25, 0.3) is 0 Å². The zero-order valence-electron chi connectivity index (χ0n) is 9.41. The first-order valence-corrected chi connectivity index (χ1v) is 6.33. The van der Waals surface area contributed by atoms with E-state index in [1.54, 1.807) is 12.1 Å². The molecule has 0 radical (unpaired) electrons. The molecule has 0 spiro atoms. The van der Waals surface area contributed by atoms with Crippen LogP contribution in [0.4, 0.5) is 5.69 Å². The van der Waals surface area contributed by atoms with Crippen LogP contribution in [0.15, 0.2) is 42.5 Å². The Morgan fingerprint density at radius 3 is 2.53 bits per heavy atom. The molecule has 86 valence electrons. The van der Waals surface area contributed by atoms with Crippen molar-refractivity contribution in [3.8, 4) is 0 Å². The van der Waals surface area contributed by atoms with Crippen molar-refractivity contribution in [3.05, 3.63) is 62.7 Å². The summed E-state index contributed by atoms with van der Waals surface area (Å²) >= 11 is 2.17. The van der Waals surface area contributed by atoms with E-state index in [-0.39, 0.29) is 5.78 Å². The molecule has 2 aromatic carbocycles. The lowest BCUT2D eigenvalue weighted by molar-refractivity contribution is 0.103. The highest BCUT2D eigenvalue weighted by Crippen LogP contribution is 2.19. The molecule has 2 N–H and O–H groups in total. The Hall–Kier alpha value is -1.36. The molecule has 0 aliphatic carbocycles. The monoisotopic (exact) mass is 337 g/mol. The molecular formula is C14H12INO. The summed E-state index contributed by atoms with van der Waals surface area (Å²) in [5.41, 5.74) is 8.80. The van der Waals surface area contributed by atoms with E-state index in [4.69, 9.17) is 5.73 Å². The molecule has 0 aromatic heterocycles. The summed E-state index contributed by atoms with van der Waals surface area (Å²) in [7, 11) is 0. The standard InChI is InChI=1S/C14H12INO/c1-9-8-10(6-7-13(9)16)14(17)11-4-2-3-5-12(11)15/h2-8H,16H2,1H3. The molecule has 3 heteroatoms. The molecule has 0 fully saturated rings. The van der Waals surface area contributed by atoms with Gasteiger partial charge in [0, 0.05) is 20.4 Å². The van der Waals surface area contributed by atoms with Gasteiger partial charge in [-0.2, -0.15) is 0 Å². The number of hydrogen-bond acceptors (Lipinski definition) is 2. The van der Waals surface area contributed by atoms with Crippen LogP contribution in [0.3, 0.4) is 0 Å². The van der Waals surface area contributed by atoms with E-state index in [2.05, 4.69) is 22.6 Å². The van der Waals surface area contributed by atoms with Gasteiger partial charge in [0.05, 0.1) is 0 Å². The summed E-state index contributed by atoms with van der Waals surface area (Å²) in [6, 6.07) is 13.0. The van der Waals surface area contributed by atoms with E-state index in [9.17, 15) is 4.79 Å². The second kappa shape index (κ2) is 4.87. The first kappa shape index (κ1) is 12.1. The van der Waals surface area contributed by atoms with Crippen LogP contribution >= 0.6 is 22.6 Å². The molecule has 0 heterocycles. The van der Waals surface area contributed by atoms with Gasteiger partial charge < -0.3 is 5.73 Å². The molecule has 17 heavy (non-hydrogen) atoms. The largest absolute Gasteiger partial charge is 0.399 e. The molecule has 0 aliphatic rings. The minimum absolute atomic E-state index is 0.0399. The van der Waals surface area contributed by atoms with Crippen LogP contribution in [0.25, 0.3) is 0 Å². The van der Waals surface area contributed by atoms with Crippen LogP contribution in [0.2, 0.25) is 0 Å². The van der Waals surface area contributed by atoms with E-state index in [0.717, 1.165) is 14.7 Å². The summed E-state index contributed by atoms with van der Waals surface area (Å²) in [5, 5.41) is 0. The van der Waals surface area contributed by atoms with E-state index in [1.807, 2.05) is 37.3 Å². The predicted molar refractivity (Wildman–Crippen MR) is 78.2 cm³/mol. The fourth-order valence-corrected chi connectivity index (χ4v) is 2.25. The van der Waals surface area contributed by atoms with Crippen LogP contribution in [-0.2, 0) is 0 Å². The summed E-state index contributed by atoms with van der Waals surface area (Å²) in [6.07, 6.45) is 0. The molecule has 0 atom stereocenters. The lowest BCUT2D eigenvalue weighted by atomic mass is 10.0. The Morgan fingerprint density at radius 2 is 1.88 bits per heavy atom. The SMILES string of the molecule is Cc1cc(C(=O)c2ccccc2I)ccc1N. The Balaban J connectivity index is 2.44. The Kier molecular flexibility index (Phi) is 3.47. The summed E-state index contributed by atoms with van der Waals surface area (Å²) in [4.78, 5) is 12.3. The normalized spacial score (nSPS) is 10.2. The van der Waals surface area contributed by atoms with Crippen LogP contribution < -0.4 is 5.73 Å². The van der Waals surface area contributed by atoms with Crippen LogP contribution in [0.1, 0.15) is 21.5 Å². The van der Waals surface area contributed by atoms with Crippen molar-refractivity contribution in [1.82, 2.24) is 0 Å². The third-order valence-corrected chi connectivity index (χ3v) is 3.59. The van der Waals surface area contributed by atoms with Crippen LogP contribution in [0, 0.1) is 10.5 Å². The van der Waals surface area contributed by atoms with Gasteiger partial charge in [-0.05, 0) is 65.4 Å². The molecule has 2 rings (SSSR count). The lowest BCUT2D eigenvalue weighted by Crippen LogP contribution is -2.04. The van der Waals surface area contributed by atoms with Crippen molar-refractivity contribution in [2.75, 3.05) is 5.73 Å². The van der Waals surface area contributed by atoms with E-state index >= 15 is 0 Å². The van der Waals surface area contributed by atoms with Crippen molar-refractivity contribution in [1.29, 1.82) is 0 Å². The molecule has 0 saturated heterocycles. The van der Waals surface area contributed by atoms with Crippen molar-refractivity contribution in [2.24, 2.45) is 0 Å². The van der Waals surface area contributed by atoms with Gasteiger partial charge in [0.1, 0.15) is 0 Å². The zero-order chi connectivity index (χ0) is 12.4. The summed E-state index contributed by atoms with van der Waals surface area (Å²) in [6.45, 7) is 1.90. The van der Waals surface area contributed by atoms with Gasteiger partial charge in [0.2, 0.25) is 0 Å². The smallest absolute Gasteiger partial charge is 0.194 e. The van der Waals surface area contributed by atoms with Crippen LogP contribution in [-0.4, -0.2) is 5.78 Å². The average Bonchev–Trinajstić information content (AvgIpc) is 2.32. The molecule has 0 aliphatic heterocycles. The van der Waals surface area contributed by atoms with Crippen LogP contribution in [0.5, 0.6) is 0 Å². The minimum atomic E-state index is 0.0399. The number of carbonyl (C=O) groups is 1. The molecule has 0 bridgehead atoms. The number of anilines is 1. The summed E-state index contributed by atoms with van der Waals surface area (Å²) < 4.78 is 0.963. The molecule has 0 amide bonds. The maximum atomic E-state index is 12.3. The number of ketones is 1. The van der Waals surface area contributed by atoms with Gasteiger partial charge in [-0.1, -0.05) is 12.1 Å². The van der Waals surface area contributed by atoms with Gasteiger partial charge in [-0.25, -0.2) is 0 Å². The van der Waals surface area contributed by atoms with Gasteiger partial charge in [-0.15, -0.1) is 0 Å². The van der Waals surface area contributed by atoms with Gasteiger partial charge in [-0.3, -0.25) is 4.79 Å². The maximum Gasteiger partial charge on any atom is 0.194 e. The van der Waals surface area contributed by atoms with Crippen molar-refractivity contribution in [2.45, 2.75) is 6.92 Å². The summed E-state index contributed by atoms with van der Waals surface area (Å²) in [5.74, 6) is 0.0399. The zero-order valence-corrected chi connectivity index (χ0v) is 11.6. The van der Waals surface area contributed by atoms with Crippen molar-refractivity contribution < 1.29 is 4.79 Å². The topological polar surface area (TPSA) is 43.1 Å². The number of rotatable bonds is 2. The lowest BCUT2D eigenvalue weighted by Gasteiger charge is -2.06. The van der Waals surface area contributed by atoms with E-state index in [0.29, 0.717) is 11.3 Å².